The van der Waals surface area contributed by atoms with Gasteiger partial charge in [-0.25, -0.2) is 15.0 Å². The quantitative estimate of drug-likeness (QED) is 0.303. The van der Waals surface area contributed by atoms with Gasteiger partial charge in [-0.3, -0.25) is 9.88 Å². The summed E-state index contributed by atoms with van der Waals surface area (Å²) in [5.41, 5.74) is 11.8. The first-order valence-corrected chi connectivity index (χ1v) is 8.16. The zero-order chi connectivity index (χ0) is 18.9. The Balaban J connectivity index is 1.98. The van der Waals surface area contributed by atoms with Crippen LogP contribution < -0.4 is 16.8 Å². The van der Waals surface area contributed by atoms with Crippen LogP contribution in [0.1, 0.15) is 6.42 Å². The molecule has 8 N–H and O–H groups in total. The second-order valence-electron chi connectivity index (χ2n) is 6.02. The second kappa shape index (κ2) is 7.23. The first-order valence-electron chi connectivity index (χ1n) is 8.16. The predicted molar refractivity (Wildman–Crippen MR) is 92.5 cm³/mol. The highest BCUT2D eigenvalue weighted by molar-refractivity contribution is 5.81. The minimum atomic E-state index is -1.59. The van der Waals surface area contributed by atoms with E-state index in [9.17, 15) is 15.3 Å². The van der Waals surface area contributed by atoms with Crippen molar-refractivity contribution in [3.05, 3.63) is 24.8 Å². The average molecular weight is 365 g/mol. The number of aliphatic hydroxyl groups is 3. The van der Waals surface area contributed by atoms with Gasteiger partial charge in [-0.1, -0.05) is 12.2 Å². The van der Waals surface area contributed by atoms with Crippen molar-refractivity contribution in [3.63, 3.8) is 0 Å². The lowest BCUT2D eigenvalue weighted by atomic mass is 10.0. The predicted octanol–water partition coefficient (Wildman–Crippen LogP) is -2.38. The van der Waals surface area contributed by atoms with Crippen LogP contribution in [0.3, 0.4) is 0 Å². The molecule has 11 heteroatoms. The van der Waals surface area contributed by atoms with E-state index in [1.807, 2.05) is 0 Å². The number of fused-ring (bicyclic) bond motifs is 1. The fraction of sp³-hybridized carbons (Fsp3) is 0.533. The van der Waals surface area contributed by atoms with Crippen LogP contribution in [0.25, 0.3) is 11.2 Å². The third kappa shape index (κ3) is 2.84. The number of hydrogen-bond donors (Lipinski definition) is 6. The van der Waals surface area contributed by atoms with Crippen molar-refractivity contribution in [2.24, 2.45) is 5.73 Å². The molecule has 0 saturated carbocycles. The number of likely N-dealkylation sites (N-methyl/N-ethyl adjacent to an activating group) is 1. The van der Waals surface area contributed by atoms with Gasteiger partial charge in [0.1, 0.15) is 36.5 Å². The lowest BCUT2D eigenvalue weighted by Gasteiger charge is -2.33. The van der Waals surface area contributed by atoms with Crippen molar-refractivity contribution in [1.29, 1.82) is 0 Å². The topological polar surface area (TPSA) is 178 Å². The van der Waals surface area contributed by atoms with E-state index in [1.54, 1.807) is 19.2 Å². The van der Waals surface area contributed by atoms with Crippen molar-refractivity contribution in [1.82, 2.24) is 24.8 Å². The molecule has 3 heterocycles. The van der Waals surface area contributed by atoms with Gasteiger partial charge < -0.3 is 31.5 Å². The zero-order valence-corrected chi connectivity index (χ0v) is 14.2. The molecule has 2 aromatic rings. The Labute approximate surface area is 149 Å². The molecule has 1 unspecified atom stereocenters. The van der Waals surface area contributed by atoms with Crippen LogP contribution in [-0.4, -0.2) is 72.8 Å². The van der Waals surface area contributed by atoms with Crippen LogP contribution in [0.5, 0.6) is 0 Å². The first-order chi connectivity index (χ1) is 12.5. The molecule has 2 aromatic heterocycles. The maximum Gasteiger partial charge on any atom is 0.234 e. The number of anilines is 1. The third-order valence-corrected chi connectivity index (χ3v) is 4.51. The van der Waals surface area contributed by atoms with E-state index in [0.29, 0.717) is 17.7 Å². The maximum atomic E-state index is 10.7. The summed E-state index contributed by atoms with van der Waals surface area (Å²) in [5, 5.41) is 34.4. The van der Waals surface area contributed by atoms with E-state index in [2.05, 4.69) is 20.3 Å². The smallest absolute Gasteiger partial charge is 0.234 e. The molecule has 0 radical (unpaired) electrons. The molecule has 0 aliphatic carbocycles. The van der Waals surface area contributed by atoms with Crippen LogP contribution in [0.2, 0.25) is 0 Å². The summed E-state index contributed by atoms with van der Waals surface area (Å²) >= 11 is 0. The monoisotopic (exact) mass is 365 g/mol. The summed E-state index contributed by atoms with van der Waals surface area (Å²) in [5.74, 6) is -1.41. The van der Waals surface area contributed by atoms with E-state index >= 15 is 0 Å². The van der Waals surface area contributed by atoms with E-state index in [-0.39, 0.29) is 12.2 Å². The number of aromatic nitrogens is 4. The Bertz CT molecular complexity index is 797. The molecule has 0 spiro atoms. The third-order valence-electron chi connectivity index (χ3n) is 4.51. The Hall–Kier alpha value is -2.15. The summed E-state index contributed by atoms with van der Waals surface area (Å²) in [6, 6.07) is 0. The summed E-state index contributed by atoms with van der Waals surface area (Å²) < 4.78 is 7.33. The first kappa shape index (κ1) is 18.6. The van der Waals surface area contributed by atoms with Gasteiger partial charge in [0.2, 0.25) is 5.85 Å². The molecule has 0 aromatic carbocycles. The molecule has 3 rings (SSSR count). The normalized spacial score (nSPS) is 30.4. The Morgan fingerprint density at radius 1 is 1.38 bits per heavy atom. The minimum absolute atomic E-state index is 0.177. The average Bonchev–Trinajstić information content (AvgIpc) is 3.18. The van der Waals surface area contributed by atoms with Crippen LogP contribution in [0.15, 0.2) is 24.8 Å². The summed E-state index contributed by atoms with van der Waals surface area (Å²) in [6.07, 6.45) is 1.39. The number of aliphatic hydroxyl groups excluding tert-OH is 3. The molecule has 5 atom stereocenters. The highest BCUT2D eigenvalue weighted by atomic mass is 16.6. The van der Waals surface area contributed by atoms with Gasteiger partial charge in [-0.15, -0.1) is 0 Å². The summed E-state index contributed by atoms with van der Waals surface area (Å²) in [6.45, 7) is 0.339. The number of ether oxygens (including phenoxy) is 1. The van der Waals surface area contributed by atoms with E-state index in [1.165, 1.54) is 17.2 Å². The van der Waals surface area contributed by atoms with Crippen LogP contribution in [0, 0.1) is 0 Å². The maximum absolute atomic E-state index is 10.7. The number of hydrogen-bond acceptors (Lipinski definition) is 10. The Morgan fingerprint density at radius 3 is 2.85 bits per heavy atom. The molecular formula is C15H23N7O4. The minimum Gasteiger partial charge on any atom is -0.390 e. The summed E-state index contributed by atoms with van der Waals surface area (Å²) in [4.78, 5) is 12.2. The summed E-state index contributed by atoms with van der Waals surface area (Å²) in [7, 11) is 1.55. The van der Waals surface area contributed by atoms with Crippen LogP contribution in [-0.2, 0) is 10.6 Å². The number of nitrogens with zero attached hydrogens (tertiary/aromatic N) is 4. The molecule has 1 fully saturated rings. The molecule has 0 amide bonds. The van der Waals surface area contributed by atoms with Gasteiger partial charge in [-0.05, 0) is 13.5 Å². The van der Waals surface area contributed by atoms with E-state index in [4.69, 9.17) is 16.2 Å². The lowest BCUT2D eigenvalue weighted by molar-refractivity contribution is -0.174. The molecule has 0 bridgehead atoms. The molecule has 26 heavy (non-hydrogen) atoms. The number of nitrogens with two attached hydrogens (primary N) is 2. The van der Waals surface area contributed by atoms with E-state index < -0.39 is 30.3 Å². The Kier molecular flexibility index (Phi) is 5.18. The standard InChI is InChI=1S/C15H23N7O4/c1-18-15(22-7-21-9-13(17)19-6-20-14(9)22)12(25)10(24)11(26-15)8(23)4-2-3-5-16/h2-3,6-8,10-12,18,23-25H,4-5,16H2,1H3,(H2,17,19,20)/t8?,10-,11-,12-,15+/m1/s1. The molecule has 1 aliphatic heterocycles. The number of imidazole rings is 1. The highest BCUT2D eigenvalue weighted by Crippen LogP contribution is 2.37. The molecular weight excluding hydrogens is 342 g/mol. The molecule has 1 saturated heterocycles. The fourth-order valence-electron chi connectivity index (χ4n) is 3.15. The fourth-order valence-corrected chi connectivity index (χ4v) is 3.15. The Morgan fingerprint density at radius 2 is 2.15 bits per heavy atom. The van der Waals surface area contributed by atoms with Crippen LogP contribution >= 0.6 is 0 Å². The largest absolute Gasteiger partial charge is 0.390 e. The van der Waals surface area contributed by atoms with Crippen molar-refractivity contribution in [3.8, 4) is 0 Å². The second-order valence-corrected chi connectivity index (χ2v) is 6.02. The molecule has 1 aliphatic rings. The van der Waals surface area contributed by atoms with Crippen molar-refractivity contribution in [2.45, 2.75) is 36.7 Å². The zero-order valence-electron chi connectivity index (χ0n) is 14.2. The van der Waals surface area contributed by atoms with Crippen LogP contribution in [0.4, 0.5) is 5.82 Å². The number of nitrogen functional groups attached to an aromatic ring is 1. The molecule has 11 nitrogen and oxygen atoms in total. The SMILES string of the molecule is CN[C@@]1(n2cnc3c(N)ncnc32)O[C@H](C(O)CC=CCN)[C@@H](O)[C@H]1O. The van der Waals surface area contributed by atoms with Gasteiger partial charge in [-0.2, -0.15) is 0 Å². The highest BCUT2D eigenvalue weighted by Gasteiger charge is 2.57. The van der Waals surface area contributed by atoms with Gasteiger partial charge in [0.15, 0.2) is 11.5 Å². The van der Waals surface area contributed by atoms with Gasteiger partial charge in [0, 0.05) is 6.54 Å². The lowest BCUT2D eigenvalue weighted by Crippen LogP contribution is -2.54. The van der Waals surface area contributed by atoms with Gasteiger partial charge in [0.05, 0.1) is 6.10 Å². The van der Waals surface area contributed by atoms with Gasteiger partial charge >= 0.3 is 0 Å². The van der Waals surface area contributed by atoms with Gasteiger partial charge in [0.25, 0.3) is 0 Å². The van der Waals surface area contributed by atoms with Crippen molar-refractivity contribution < 1.29 is 20.1 Å². The number of rotatable bonds is 6. The molecule has 142 valence electrons. The number of nitrogens with one attached hydrogen (secondary N) is 1. The van der Waals surface area contributed by atoms with Crippen molar-refractivity contribution >= 4 is 17.0 Å². The van der Waals surface area contributed by atoms with Crippen molar-refractivity contribution in [2.75, 3.05) is 19.3 Å². The van der Waals surface area contributed by atoms with E-state index in [0.717, 1.165) is 0 Å².